The summed E-state index contributed by atoms with van der Waals surface area (Å²) in [6, 6.07) is 12.6. The first-order chi connectivity index (χ1) is 13.8. The summed E-state index contributed by atoms with van der Waals surface area (Å²) in [4.78, 5) is 42.6. The molecule has 3 rings (SSSR count). The molecule has 0 aliphatic heterocycles. The van der Waals surface area contributed by atoms with Gasteiger partial charge in [0.1, 0.15) is 11.6 Å². The van der Waals surface area contributed by atoms with Gasteiger partial charge in [-0.3, -0.25) is 23.9 Å². The predicted molar refractivity (Wildman–Crippen MR) is 110 cm³/mol. The van der Waals surface area contributed by atoms with Crippen LogP contribution in [0.1, 0.15) is 25.2 Å². The van der Waals surface area contributed by atoms with E-state index in [-0.39, 0.29) is 30.3 Å². The largest absolute Gasteiger partial charge is 0.497 e. The first-order valence-electron chi connectivity index (χ1n) is 9.27. The summed E-state index contributed by atoms with van der Waals surface area (Å²) in [6.07, 6.45) is 0.254. The molecule has 7 nitrogen and oxygen atoms in total. The van der Waals surface area contributed by atoms with E-state index < -0.39 is 0 Å². The van der Waals surface area contributed by atoms with Crippen molar-refractivity contribution in [2.75, 3.05) is 13.7 Å². The van der Waals surface area contributed by atoms with Gasteiger partial charge in [-0.1, -0.05) is 6.07 Å². The lowest BCUT2D eigenvalue weighted by molar-refractivity contribution is -0.142. The number of fused-ring (bicyclic) bond motifs is 1. The number of nitrogens with zero attached hydrogens (tertiary/aromatic N) is 3. The molecular formula is C22H23N3O4. The van der Waals surface area contributed by atoms with Crippen molar-refractivity contribution < 1.29 is 14.3 Å². The van der Waals surface area contributed by atoms with Gasteiger partial charge in [0, 0.05) is 26.8 Å². The van der Waals surface area contributed by atoms with Crippen LogP contribution in [-0.2, 0) is 16.0 Å². The Balaban J connectivity index is 2.15. The summed E-state index contributed by atoms with van der Waals surface area (Å²) in [5.74, 6) is 0.470. The van der Waals surface area contributed by atoms with Crippen LogP contribution in [0.15, 0.2) is 47.3 Å². The monoisotopic (exact) mass is 393 g/mol. The topological polar surface area (TPSA) is 81.5 Å². The molecule has 7 heteroatoms. The standard InChI is InChI=1S/C22H23N3O4/c1-14-5-10-19-20(13-14)23-21(11-12-24(15(2)26)16(3)27)25(22(19)28)17-6-8-18(29-4)9-7-17/h5-10,13H,11-12H2,1-4H3. The third-order valence-electron chi connectivity index (χ3n) is 4.74. The van der Waals surface area contributed by atoms with Crippen molar-refractivity contribution in [3.8, 4) is 11.4 Å². The molecule has 2 amide bonds. The molecule has 150 valence electrons. The zero-order valence-electron chi connectivity index (χ0n) is 16.9. The van der Waals surface area contributed by atoms with Crippen molar-refractivity contribution in [1.29, 1.82) is 0 Å². The fourth-order valence-corrected chi connectivity index (χ4v) is 3.26. The second-order valence-electron chi connectivity index (χ2n) is 6.83. The summed E-state index contributed by atoms with van der Waals surface area (Å²) < 4.78 is 6.72. The highest BCUT2D eigenvalue weighted by Crippen LogP contribution is 2.18. The van der Waals surface area contributed by atoms with E-state index in [1.165, 1.54) is 18.4 Å². The van der Waals surface area contributed by atoms with Gasteiger partial charge in [-0.25, -0.2) is 4.98 Å². The lowest BCUT2D eigenvalue weighted by atomic mass is 10.1. The van der Waals surface area contributed by atoms with Gasteiger partial charge >= 0.3 is 0 Å². The maximum absolute atomic E-state index is 13.3. The minimum absolute atomic E-state index is 0.143. The third-order valence-corrected chi connectivity index (χ3v) is 4.74. The molecule has 0 N–H and O–H groups in total. The molecule has 0 aliphatic rings. The molecule has 0 fully saturated rings. The number of carbonyl (C=O) groups excluding carboxylic acids is 2. The van der Waals surface area contributed by atoms with Crippen LogP contribution in [0.3, 0.4) is 0 Å². The molecule has 0 bridgehead atoms. The Morgan fingerprint density at radius 3 is 2.31 bits per heavy atom. The van der Waals surface area contributed by atoms with Crippen LogP contribution >= 0.6 is 0 Å². The molecule has 3 aromatic rings. The van der Waals surface area contributed by atoms with E-state index in [9.17, 15) is 14.4 Å². The van der Waals surface area contributed by atoms with E-state index in [0.29, 0.717) is 28.2 Å². The van der Waals surface area contributed by atoms with E-state index >= 15 is 0 Å². The summed E-state index contributed by atoms with van der Waals surface area (Å²) in [5.41, 5.74) is 2.02. The molecule has 1 aromatic heterocycles. The summed E-state index contributed by atoms with van der Waals surface area (Å²) in [6.45, 7) is 4.76. The van der Waals surface area contributed by atoms with Gasteiger partial charge in [0.2, 0.25) is 11.8 Å². The number of aryl methyl sites for hydroxylation is 1. The zero-order valence-corrected chi connectivity index (χ0v) is 16.9. The number of hydrogen-bond donors (Lipinski definition) is 0. The molecule has 2 aromatic carbocycles. The highest BCUT2D eigenvalue weighted by Gasteiger charge is 2.18. The van der Waals surface area contributed by atoms with Crippen molar-refractivity contribution in [2.24, 2.45) is 0 Å². The van der Waals surface area contributed by atoms with E-state index in [2.05, 4.69) is 4.98 Å². The van der Waals surface area contributed by atoms with Gasteiger partial charge in [-0.05, 0) is 48.9 Å². The number of hydrogen-bond acceptors (Lipinski definition) is 5. The van der Waals surface area contributed by atoms with Crippen molar-refractivity contribution >= 4 is 22.7 Å². The Morgan fingerprint density at radius 1 is 1.07 bits per heavy atom. The highest BCUT2D eigenvalue weighted by molar-refractivity contribution is 5.92. The molecular weight excluding hydrogens is 370 g/mol. The maximum atomic E-state index is 13.3. The smallest absolute Gasteiger partial charge is 0.265 e. The molecule has 0 radical (unpaired) electrons. The van der Waals surface area contributed by atoms with Crippen molar-refractivity contribution in [3.05, 3.63) is 64.2 Å². The first kappa shape index (κ1) is 20.3. The van der Waals surface area contributed by atoms with Crippen LogP contribution in [0.2, 0.25) is 0 Å². The molecule has 0 atom stereocenters. The van der Waals surface area contributed by atoms with Crippen LogP contribution in [-0.4, -0.2) is 39.9 Å². The maximum Gasteiger partial charge on any atom is 0.265 e. The second kappa shape index (κ2) is 8.26. The number of imide groups is 1. The van der Waals surface area contributed by atoms with E-state index in [0.717, 1.165) is 10.5 Å². The number of rotatable bonds is 5. The average molecular weight is 393 g/mol. The highest BCUT2D eigenvalue weighted by atomic mass is 16.5. The number of carbonyl (C=O) groups is 2. The van der Waals surface area contributed by atoms with Gasteiger partial charge in [-0.15, -0.1) is 0 Å². The number of aromatic nitrogens is 2. The molecule has 0 saturated heterocycles. The summed E-state index contributed by atoms with van der Waals surface area (Å²) in [7, 11) is 1.57. The SMILES string of the molecule is COc1ccc(-n2c(CCN(C(C)=O)C(C)=O)nc3cc(C)ccc3c2=O)cc1. The lowest BCUT2D eigenvalue weighted by Crippen LogP contribution is -2.36. The van der Waals surface area contributed by atoms with Gasteiger partial charge in [0.15, 0.2) is 0 Å². The minimum Gasteiger partial charge on any atom is -0.497 e. The van der Waals surface area contributed by atoms with Gasteiger partial charge in [0.25, 0.3) is 5.56 Å². The minimum atomic E-state index is -0.340. The molecule has 29 heavy (non-hydrogen) atoms. The predicted octanol–water partition coefficient (Wildman–Crippen LogP) is 2.64. The Bertz CT molecular complexity index is 1120. The summed E-state index contributed by atoms with van der Waals surface area (Å²) >= 11 is 0. The summed E-state index contributed by atoms with van der Waals surface area (Å²) in [5, 5.41) is 0.505. The van der Waals surface area contributed by atoms with Crippen LogP contribution in [0.25, 0.3) is 16.6 Å². The number of ether oxygens (including phenoxy) is 1. The fraction of sp³-hybridized carbons (Fsp3) is 0.273. The number of methoxy groups -OCH3 is 1. The van der Waals surface area contributed by atoms with Crippen LogP contribution in [0.5, 0.6) is 5.75 Å². The normalized spacial score (nSPS) is 10.8. The second-order valence-corrected chi connectivity index (χ2v) is 6.83. The Hall–Kier alpha value is -3.48. The van der Waals surface area contributed by atoms with E-state index in [1.807, 2.05) is 19.1 Å². The van der Waals surface area contributed by atoms with Gasteiger partial charge in [-0.2, -0.15) is 0 Å². The first-order valence-corrected chi connectivity index (χ1v) is 9.27. The van der Waals surface area contributed by atoms with Crippen molar-refractivity contribution in [3.63, 3.8) is 0 Å². The van der Waals surface area contributed by atoms with Crippen LogP contribution in [0.4, 0.5) is 0 Å². The Morgan fingerprint density at radius 2 is 1.72 bits per heavy atom. The van der Waals surface area contributed by atoms with Crippen LogP contribution < -0.4 is 10.3 Å². The quantitative estimate of drug-likeness (QED) is 0.666. The average Bonchev–Trinajstić information content (AvgIpc) is 2.67. The number of amides is 2. The molecule has 0 saturated carbocycles. The number of benzene rings is 2. The molecule has 0 aliphatic carbocycles. The lowest BCUT2D eigenvalue weighted by Gasteiger charge is -2.19. The van der Waals surface area contributed by atoms with E-state index in [4.69, 9.17) is 4.74 Å². The fourth-order valence-electron chi connectivity index (χ4n) is 3.26. The van der Waals surface area contributed by atoms with Crippen molar-refractivity contribution in [2.45, 2.75) is 27.2 Å². The van der Waals surface area contributed by atoms with E-state index in [1.54, 1.807) is 37.4 Å². The molecule has 0 unspecified atom stereocenters. The molecule has 0 spiro atoms. The van der Waals surface area contributed by atoms with Crippen LogP contribution in [0, 0.1) is 6.92 Å². The van der Waals surface area contributed by atoms with Gasteiger partial charge < -0.3 is 4.74 Å². The zero-order chi connectivity index (χ0) is 21.1. The van der Waals surface area contributed by atoms with Gasteiger partial charge in [0.05, 0.1) is 23.7 Å². The van der Waals surface area contributed by atoms with Crippen molar-refractivity contribution in [1.82, 2.24) is 14.5 Å². The Kier molecular flexibility index (Phi) is 5.77. The third kappa shape index (κ3) is 4.18. The molecule has 1 heterocycles. The Labute approximate surface area is 168 Å².